The molecule has 0 aromatic heterocycles. The Kier molecular flexibility index (Phi) is 5.37. The van der Waals surface area contributed by atoms with Crippen LogP contribution in [-0.2, 0) is 9.53 Å². The van der Waals surface area contributed by atoms with E-state index in [0.717, 1.165) is 5.75 Å². The van der Waals surface area contributed by atoms with E-state index in [-0.39, 0.29) is 5.97 Å². The molecule has 2 fully saturated rings. The van der Waals surface area contributed by atoms with Crippen LogP contribution in [0.3, 0.4) is 0 Å². The number of hydrogen-bond acceptors (Lipinski definition) is 4. The largest absolute Gasteiger partial charge is 0.469 e. The van der Waals surface area contributed by atoms with Gasteiger partial charge in [0, 0.05) is 0 Å². The van der Waals surface area contributed by atoms with Crippen LogP contribution in [0.15, 0.2) is 0 Å². The fourth-order valence-corrected chi connectivity index (χ4v) is 3.91. The Morgan fingerprint density at radius 1 is 1.33 bits per heavy atom. The Hall–Kier alpha value is -0.220. The van der Waals surface area contributed by atoms with Crippen molar-refractivity contribution in [3.05, 3.63) is 0 Å². The zero-order valence-electron chi connectivity index (χ0n) is 11.5. The number of esters is 1. The van der Waals surface area contributed by atoms with Gasteiger partial charge in [0.1, 0.15) is 0 Å². The first-order chi connectivity index (χ1) is 8.74. The van der Waals surface area contributed by atoms with Crippen LogP contribution in [0.5, 0.6) is 0 Å². The van der Waals surface area contributed by atoms with Gasteiger partial charge in [-0.05, 0) is 68.7 Å². The fourth-order valence-electron chi connectivity index (χ4n) is 2.61. The number of thioether (sulfide) groups is 1. The minimum Gasteiger partial charge on any atom is -0.469 e. The molecule has 0 unspecified atom stereocenters. The number of carbonyl (C=O) groups excluding carboxylic acids is 1. The van der Waals surface area contributed by atoms with E-state index >= 15 is 0 Å². The van der Waals surface area contributed by atoms with E-state index in [2.05, 4.69) is 4.90 Å². The van der Waals surface area contributed by atoms with Crippen molar-refractivity contribution in [3.63, 3.8) is 0 Å². The van der Waals surface area contributed by atoms with E-state index in [0.29, 0.717) is 11.8 Å². The van der Waals surface area contributed by atoms with Crippen molar-refractivity contribution in [1.82, 2.24) is 4.90 Å². The van der Waals surface area contributed by atoms with Gasteiger partial charge in [-0.25, -0.2) is 0 Å². The number of hydrogen-bond donors (Lipinski definition) is 0. The van der Waals surface area contributed by atoms with Gasteiger partial charge in [0.25, 0.3) is 0 Å². The van der Waals surface area contributed by atoms with Crippen LogP contribution < -0.4 is 0 Å². The highest BCUT2D eigenvalue weighted by Gasteiger charge is 2.44. The molecule has 1 saturated carbocycles. The van der Waals surface area contributed by atoms with Crippen LogP contribution in [0.25, 0.3) is 0 Å². The van der Waals surface area contributed by atoms with Crippen molar-refractivity contribution < 1.29 is 9.53 Å². The molecule has 0 amide bonds. The molecular weight excluding hydrogens is 246 g/mol. The Morgan fingerprint density at radius 2 is 2.06 bits per heavy atom. The number of nitrogens with zero attached hydrogens (tertiary/aromatic N) is 1. The lowest BCUT2D eigenvalue weighted by Gasteiger charge is -2.15. The number of likely N-dealkylation sites (tertiary alicyclic amines) is 1. The zero-order chi connectivity index (χ0) is 12.8. The predicted molar refractivity (Wildman–Crippen MR) is 75.9 cm³/mol. The third kappa shape index (κ3) is 4.47. The summed E-state index contributed by atoms with van der Waals surface area (Å²) in [5.41, 5.74) is 0.297. The van der Waals surface area contributed by atoms with Crippen molar-refractivity contribution in [2.45, 2.75) is 38.5 Å². The van der Waals surface area contributed by atoms with Gasteiger partial charge in [-0.3, -0.25) is 4.79 Å². The quantitative estimate of drug-likeness (QED) is 0.501. The number of carbonyl (C=O) groups is 1. The van der Waals surface area contributed by atoms with Gasteiger partial charge < -0.3 is 9.64 Å². The summed E-state index contributed by atoms with van der Waals surface area (Å²) < 4.78 is 4.77. The van der Waals surface area contributed by atoms with Gasteiger partial charge in [0.05, 0.1) is 13.5 Å². The van der Waals surface area contributed by atoms with Crippen molar-refractivity contribution >= 4 is 17.7 Å². The molecule has 1 aliphatic carbocycles. The van der Waals surface area contributed by atoms with Gasteiger partial charge in [0.2, 0.25) is 0 Å². The third-order valence-electron chi connectivity index (χ3n) is 4.07. The average Bonchev–Trinajstić information content (AvgIpc) is 2.91. The van der Waals surface area contributed by atoms with Crippen molar-refractivity contribution in [1.29, 1.82) is 0 Å². The molecule has 0 bridgehead atoms. The smallest absolute Gasteiger partial charge is 0.306 e. The minimum atomic E-state index is -0.0369. The lowest BCUT2D eigenvalue weighted by atomic mass is 10.1. The highest BCUT2D eigenvalue weighted by Crippen LogP contribution is 2.51. The molecule has 2 rings (SSSR count). The lowest BCUT2D eigenvalue weighted by Crippen LogP contribution is -2.21. The Bertz CT molecular complexity index is 273. The van der Waals surface area contributed by atoms with Gasteiger partial charge in [-0.2, -0.15) is 11.8 Å². The van der Waals surface area contributed by atoms with Crippen molar-refractivity contribution in [2.24, 2.45) is 5.41 Å². The van der Waals surface area contributed by atoms with Crippen LogP contribution >= 0.6 is 11.8 Å². The maximum atomic E-state index is 11.3. The van der Waals surface area contributed by atoms with Crippen LogP contribution in [-0.4, -0.2) is 49.1 Å². The Morgan fingerprint density at radius 3 is 2.67 bits per heavy atom. The first kappa shape index (κ1) is 14.2. The summed E-state index contributed by atoms with van der Waals surface area (Å²) >= 11 is 2.02. The molecule has 2 aliphatic rings. The molecule has 0 radical (unpaired) electrons. The standard InChI is InChI=1S/C14H25NO2S/c1-17-13(16)11-14(5-6-14)12-18-10-4-9-15-7-2-3-8-15/h2-12H2,1H3. The number of rotatable bonds is 8. The summed E-state index contributed by atoms with van der Waals surface area (Å²) in [5, 5.41) is 0. The Labute approximate surface area is 115 Å². The molecule has 0 aromatic rings. The van der Waals surface area contributed by atoms with Crippen molar-refractivity contribution in [3.8, 4) is 0 Å². The molecule has 4 heteroatoms. The monoisotopic (exact) mass is 271 g/mol. The third-order valence-corrected chi connectivity index (χ3v) is 5.47. The number of methoxy groups -OCH3 is 1. The zero-order valence-corrected chi connectivity index (χ0v) is 12.3. The van der Waals surface area contributed by atoms with E-state index in [9.17, 15) is 4.79 Å². The second-order valence-electron chi connectivity index (χ2n) is 5.71. The maximum Gasteiger partial charge on any atom is 0.306 e. The van der Waals surface area contributed by atoms with E-state index in [1.807, 2.05) is 11.8 Å². The first-order valence-corrected chi connectivity index (χ1v) is 8.26. The maximum absolute atomic E-state index is 11.3. The van der Waals surface area contributed by atoms with Gasteiger partial charge >= 0.3 is 5.97 Å². The minimum absolute atomic E-state index is 0.0369. The molecule has 1 aliphatic heterocycles. The van der Waals surface area contributed by atoms with Gasteiger partial charge in [-0.15, -0.1) is 0 Å². The molecule has 18 heavy (non-hydrogen) atoms. The molecule has 0 N–H and O–H groups in total. The van der Waals surface area contributed by atoms with E-state index < -0.39 is 0 Å². The molecule has 3 nitrogen and oxygen atoms in total. The summed E-state index contributed by atoms with van der Waals surface area (Å²) in [4.78, 5) is 13.9. The molecule has 0 atom stereocenters. The molecule has 0 spiro atoms. The second-order valence-corrected chi connectivity index (χ2v) is 6.81. The topological polar surface area (TPSA) is 29.5 Å². The fraction of sp³-hybridized carbons (Fsp3) is 0.929. The summed E-state index contributed by atoms with van der Waals surface area (Å²) in [5.74, 6) is 2.34. The number of ether oxygens (including phenoxy) is 1. The highest BCUT2D eigenvalue weighted by molar-refractivity contribution is 7.99. The molecule has 0 aromatic carbocycles. The van der Waals surface area contributed by atoms with Gasteiger partial charge in [-0.1, -0.05) is 0 Å². The van der Waals surface area contributed by atoms with Crippen LogP contribution in [0.1, 0.15) is 38.5 Å². The molecule has 104 valence electrons. The summed E-state index contributed by atoms with van der Waals surface area (Å²) in [6.45, 7) is 3.87. The van der Waals surface area contributed by atoms with Crippen LogP contribution in [0.4, 0.5) is 0 Å². The lowest BCUT2D eigenvalue weighted by molar-refractivity contribution is -0.141. The average molecular weight is 271 g/mol. The van der Waals surface area contributed by atoms with Crippen LogP contribution in [0, 0.1) is 5.41 Å². The van der Waals surface area contributed by atoms with Crippen molar-refractivity contribution in [2.75, 3.05) is 38.2 Å². The SMILES string of the molecule is COC(=O)CC1(CSCCCN2CCCC2)CC1. The molecular formula is C14H25NO2S. The van der Waals surface area contributed by atoms with Crippen LogP contribution in [0.2, 0.25) is 0 Å². The molecule has 1 saturated heterocycles. The second kappa shape index (κ2) is 6.80. The first-order valence-electron chi connectivity index (χ1n) is 7.11. The predicted octanol–water partition coefficient (Wildman–Crippen LogP) is 2.55. The van der Waals surface area contributed by atoms with E-state index in [1.54, 1.807) is 0 Å². The van der Waals surface area contributed by atoms with E-state index in [4.69, 9.17) is 4.74 Å². The summed E-state index contributed by atoms with van der Waals surface area (Å²) in [7, 11) is 1.49. The summed E-state index contributed by atoms with van der Waals surface area (Å²) in [6, 6.07) is 0. The van der Waals surface area contributed by atoms with E-state index in [1.165, 1.54) is 64.6 Å². The Balaban J connectivity index is 1.51. The highest BCUT2D eigenvalue weighted by atomic mass is 32.2. The normalized spacial score (nSPS) is 22.1. The molecule has 1 heterocycles. The van der Waals surface area contributed by atoms with Gasteiger partial charge in [0.15, 0.2) is 0 Å². The summed E-state index contributed by atoms with van der Waals surface area (Å²) in [6.07, 6.45) is 7.11.